The van der Waals surface area contributed by atoms with E-state index in [0.717, 1.165) is 11.3 Å². The van der Waals surface area contributed by atoms with E-state index in [0.29, 0.717) is 44.4 Å². The molecule has 3 rings (SSSR count). The number of aryl methyl sites for hydroxylation is 2. The summed E-state index contributed by atoms with van der Waals surface area (Å²) in [5.74, 6) is 1.36. The van der Waals surface area contributed by atoms with Gasteiger partial charge in [-0.25, -0.2) is 0 Å². The van der Waals surface area contributed by atoms with Crippen LogP contribution in [0.1, 0.15) is 55.3 Å². The number of nitrogens with zero attached hydrogens (tertiary/aromatic N) is 4. The minimum atomic E-state index is -0.123. The molecule has 0 aromatic carbocycles. The van der Waals surface area contributed by atoms with Gasteiger partial charge in [-0.3, -0.25) is 9.89 Å². The maximum absolute atomic E-state index is 12.7. The number of hydrogen-bond donors (Lipinski definition) is 1. The SMILES string of the molecule is Cc1cn[nH]c1[C@@H]1COCCN1C(=O)CCc1nnc(C(C)C)o1. The van der Waals surface area contributed by atoms with E-state index in [9.17, 15) is 4.79 Å². The highest BCUT2D eigenvalue weighted by atomic mass is 16.5. The van der Waals surface area contributed by atoms with Gasteiger partial charge in [0.25, 0.3) is 0 Å². The molecule has 8 heteroatoms. The van der Waals surface area contributed by atoms with Crippen LogP contribution in [-0.4, -0.2) is 51.0 Å². The third kappa shape index (κ3) is 3.48. The van der Waals surface area contributed by atoms with Gasteiger partial charge in [-0.2, -0.15) is 5.10 Å². The number of ether oxygens (including phenoxy) is 1. The number of morpholine rings is 1. The zero-order valence-electron chi connectivity index (χ0n) is 14.3. The fourth-order valence-electron chi connectivity index (χ4n) is 2.79. The molecule has 2 aromatic rings. The van der Waals surface area contributed by atoms with Crippen LogP contribution >= 0.6 is 0 Å². The zero-order chi connectivity index (χ0) is 17.1. The summed E-state index contributed by atoms with van der Waals surface area (Å²) in [5, 5.41) is 15.0. The predicted molar refractivity (Wildman–Crippen MR) is 85.3 cm³/mol. The molecule has 0 bridgehead atoms. The molecule has 8 nitrogen and oxygen atoms in total. The van der Waals surface area contributed by atoms with Crippen LogP contribution in [0.5, 0.6) is 0 Å². The summed E-state index contributed by atoms with van der Waals surface area (Å²) in [7, 11) is 0. The first-order chi connectivity index (χ1) is 11.6. The van der Waals surface area contributed by atoms with Crippen LogP contribution in [0.15, 0.2) is 10.6 Å². The number of rotatable bonds is 5. The van der Waals surface area contributed by atoms with E-state index in [2.05, 4.69) is 20.4 Å². The van der Waals surface area contributed by atoms with Crippen molar-refractivity contribution in [1.29, 1.82) is 0 Å². The topological polar surface area (TPSA) is 97.1 Å². The van der Waals surface area contributed by atoms with Gasteiger partial charge in [0.05, 0.1) is 31.1 Å². The van der Waals surface area contributed by atoms with E-state index in [1.807, 2.05) is 25.7 Å². The van der Waals surface area contributed by atoms with E-state index in [1.165, 1.54) is 0 Å². The maximum Gasteiger partial charge on any atom is 0.223 e. The molecule has 130 valence electrons. The Balaban J connectivity index is 1.64. The van der Waals surface area contributed by atoms with Gasteiger partial charge in [-0.05, 0) is 12.5 Å². The fourth-order valence-corrected chi connectivity index (χ4v) is 2.79. The highest BCUT2D eigenvalue weighted by molar-refractivity contribution is 5.77. The van der Waals surface area contributed by atoms with Crippen molar-refractivity contribution in [3.63, 3.8) is 0 Å². The van der Waals surface area contributed by atoms with Crippen molar-refractivity contribution in [2.45, 2.75) is 45.6 Å². The summed E-state index contributed by atoms with van der Waals surface area (Å²) < 4.78 is 11.1. The predicted octanol–water partition coefficient (Wildman–Crippen LogP) is 1.76. The Hall–Kier alpha value is -2.22. The van der Waals surface area contributed by atoms with Gasteiger partial charge in [-0.15, -0.1) is 10.2 Å². The second-order valence-electron chi connectivity index (χ2n) is 6.33. The molecule has 0 unspecified atom stereocenters. The third-order valence-corrected chi connectivity index (χ3v) is 4.18. The highest BCUT2D eigenvalue weighted by Crippen LogP contribution is 2.26. The molecule has 0 spiro atoms. The lowest BCUT2D eigenvalue weighted by Gasteiger charge is -2.35. The van der Waals surface area contributed by atoms with E-state index >= 15 is 0 Å². The van der Waals surface area contributed by atoms with Gasteiger partial charge in [0, 0.05) is 25.3 Å². The molecule has 1 aliphatic heterocycles. The van der Waals surface area contributed by atoms with E-state index in [-0.39, 0.29) is 17.9 Å². The first-order valence-corrected chi connectivity index (χ1v) is 8.25. The lowest BCUT2D eigenvalue weighted by Crippen LogP contribution is -2.43. The molecule has 24 heavy (non-hydrogen) atoms. The zero-order valence-corrected chi connectivity index (χ0v) is 14.3. The molecule has 1 N–H and O–H groups in total. The number of carbonyl (C=O) groups is 1. The van der Waals surface area contributed by atoms with Crippen LogP contribution in [0.25, 0.3) is 0 Å². The van der Waals surface area contributed by atoms with Crippen LogP contribution in [-0.2, 0) is 16.0 Å². The second kappa shape index (κ2) is 7.12. The molecule has 3 heterocycles. The standard InChI is InChI=1S/C16H23N5O3/c1-10(2)16-20-18-13(24-16)4-5-14(22)21-6-7-23-9-12(21)15-11(3)8-17-19-15/h8,10,12H,4-7,9H2,1-3H3,(H,17,19)/t12-/m0/s1. The number of aromatic amines is 1. The molecule has 1 atom stereocenters. The lowest BCUT2D eigenvalue weighted by molar-refractivity contribution is -0.140. The third-order valence-electron chi connectivity index (χ3n) is 4.18. The average molecular weight is 333 g/mol. The van der Waals surface area contributed by atoms with Crippen LogP contribution in [0.4, 0.5) is 0 Å². The molecule has 0 radical (unpaired) electrons. The van der Waals surface area contributed by atoms with Gasteiger partial charge in [0.2, 0.25) is 17.7 Å². The number of carbonyl (C=O) groups excluding carboxylic acids is 1. The summed E-state index contributed by atoms with van der Waals surface area (Å²) in [6, 6.07) is -0.123. The number of H-pyrrole nitrogens is 1. The largest absolute Gasteiger partial charge is 0.425 e. The van der Waals surface area contributed by atoms with Crippen molar-refractivity contribution in [2.24, 2.45) is 0 Å². The normalized spacial score (nSPS) is 18.3. The van der Waals surface area contributed by atoms with Gasteiger partial charge in [-0.1, -0.05) is 13.8 Å². The molecule has 1 saturated heterocycles. The summed E-state index contributed by atoms with van der Waals surface area (Å²) in [6.45, 7) is 7.56. The molecule has 1 amide bonds. The Morgan fingerprint density at radius 1 is 1.46 bits per heavy atom. The molecular weight excluding hydrogens is 310 g/mol. The second-order valence-corrected chi connectivity index (χ2v) is 6.33. The van der Waals surface area contributed by atoms with Gasteiger partial charge < -0.3 is 14.1 Å². The van der Waals surface area contributed by atoms with Gasteiger partial charge >= 0.3 is 0 Å². The first kappa shape index (κ1) is 16.6. The van der Waals surface area contributed by atoms with Gasteiger partial charge in [0.1, 0.15) is 0 Å². The Kier molecular flexibility index (Phi) is 4.94. The molecule has 1 aliphatic rings. The van der Waals surface area contributed by atoms with Crippen LogP contribution < -0.4 is 0 Å². The minimum absolute atomic E-state index is 0.0570. The summed E-state index contributed by atoms with van der Waals surface area (Å²) >= 11 is 0. The van der Waals surface area contributed by atoms with Crippen molar-refractivity contribution in [1.82, 2.24) is 25.3 Å². The van der Waals surface area contributed by atoms with Crippen LogP contribution in [0, 0.1) is 6.92 Å². The maximum atomic E-state index is 12.7. The number of nitrogens with one attached hydrogen (secondary N) is 1. The van der Waals surface area contributed by atoms with Crippen LogP contribution in [0.3, 0.4) is 0 Å². The van der Waals surface area contributed by atoms with Crippen molar-refractivity contribution in [3.8, 4) is 0 Å². The monoisotopic (exact) mass is 333 g/mol. The van der Waals surface area contributed by atoms with E-state index in [1.54, 1.807) is 6.20 Å². The van der Waals surface area contributed by atoms with Gasteiger partial charge in [0.15, 0.2) is 0 Å². The van der Waals surface area contributed by atoms with E-state index < -0.39 is 0 Å². The molecule has 0 aliphatic carbocycles. The average Bonchev–Trinajstić information content (AvgIpc) is 3.21. The molecular formula is C16H23N5O3. The smallest absolute Gasteiger partial charge is 0.223 e. The first-order valence-electron chi connectivity index (χ1n) is 8.25. The Morgan fingerprint density at radius 3 is 2.96 bits per heavy atom. The van der Waals surface area contributed by atoms with Crippen LogP contribution in [0.2, 0.25) is 0 Å². The molecule has 0 saturated carbocycles. The van der Waals surface area contributed by atoms with Crippen molar-refractivity contribution in [3.05, 3.63) is 29.2 Å². The Labute approximate surface area is 140 Å². The van der Waals surface area contributed by atoms with E-state index in [4.69, 9.17) is 9.15 Å². The van der Waals surface area contributed by atoms with Crippen molar-refractivity contribution >= 4 is 5.91 Å². The molecule has 1 fully saturated rings. The number of aromatic nitrogens is 4. The highest BCUT2D eigenvalue weighted by Gasteiger charge is 2.30. The fraction of sp³-hybridized carbons (Fsp3) is 0.625. The Morgan fingerprint density at radius 2 is 2.29 bits per heavy atom. The van der Waals surface area contributed by atoms with Crippen molar-refractivity contribution < 1.29 is 13.9 Å². The number of amides is 1. The lowest BCUT2D eigenvalue weighted by atomic mass is 10.1. The quantitative estimate of drug-likeness (QED) is 0.895. The summed E-state index contributed by atoms with van der Waals surface area (Å²) in [5.41, 5.74) is 1.96. The molecule has 2 aromatic heterocycles. The van der Waals surface area contributed by atoms with Crippen molar-refractivity contribution in [2.75, 3.05) is 19.8 Å². The summed E-state index contributed by atoms with van der Waals surface area (Å²) in [6.07, 6.45) is 2.55. The number of hydrogen-bond acceptors (Lipinski definition) is 6. The summed E-state index contributed by atoms with van der Waals surface area (Å²) in [4.78, 5) is 14.5. The minimum Gasteiger partial charge on any atom is -0.425 e. The Bertz CT molecular complexity index is 693.